The Balaban J connectivity index is 0.725. The van der Waals surface area contributed by atoms with Gasteiger partial charge in [-0.25, -0.2) is 0 Å². The summed E-state index contributed by atoms with van der Waals surface area (Å²) in [5.74, 6) is 0. The maximum Gasteiger partial charge on any atom is 0.0541 e. The van der Waals surface area contributed by atoms with Crippen LogP contribution in [0.4, 0.5) is 0 Å². The van der Waals surface area contributed by atoms with E-state index >= 15 is 0 Å². The first kappa shape index (κ1) is 54.6. The van der Waals surface area contributed by atoms with Gasteiger partial charge >= 0.3 is 0 Å². The van der Waals surface area contributed by atoms with Crippen LogP contribution in [0, 0.1) is 0 Å². The molecule has 2 aromatic heterocycles. The summed E-state index contributed by atoms with van der Waals surface area (Å²) in [5.41, 5.74) is 26.0. The van der Waals surface area contributed by atoms with Crippen molar-refractivity contribution in [2.75, 3.05) is 0 Å². The predicted octanol–water partition coefficient (Wildman–Crippen LogP) is 24.1. The molecular formula is C86H72N2. The Bertz CT molecular complexity index is 5170. The number of rotatable bonds is 8. The standard InChI is InChI=1S/C86H72N2/c1-84(2,3)65-40-45-68(46-41-65)87-78-20-14-12-16-70(78)75-52-63(38-50-80(75)87)59-26-22-55(23-27-59)57-30-34-61(35-31-57)82-72-18-10-11-19-73(72)83(77-54-67(86(7,8)9)44-49-74(77)82)62-36-32-58(33-37-62)56-24-28-60(29-25-56)64-39-51-81-76(53-64)71-17-13-15-21-79(71)88(81)69-47-42-66(43-48-69)85(4,5)6/h10-54H,1-9H3. The van der Waals surface area contributed by atoms with Crippen LogP contribution >= 0.6 is 0 Å². The molecule has 0 aliphatic heterocycles. The van der Waals surface area contributed by atoms with Crippen LogP contribution in [0.2, 0.25) is 0 Å². The summed E-state index contributed by atoms with van der Waals surface area (Å²) in [6, 6.07) is 103. The minimum atomic E-state index is -0.0272. The van der Waals surface area contributed by atoms with Crippen LogP contribution in [-0.4, -0.2) is 9.13 Å². The van der Waals surface area contributed by atoms with Crippen LogP contribution in [0.1, 0.15) is 79.0 Å². The Labute approximate surface area is 517 Å². The molecule has 15 rings (SSSR count). The molecule has 426 valence electrons. The van der Waals surface area contributed by atoms with E-state index in [4.69, 9.17) is 0 Å². The van der Waals surface area contributed by atoms with Crippen LogP contribution in [-0.2, 0) is 16.2 Å². The zero-order chi connectivity index (χ0) is 60.2. The summed E-state index contributed by atoms with van der Waals surface area (Å²) in [4.78, 5) is 0. The summed E-state index contributed by atoms with van der Waals surface area (Å²) >= 11 is 0. The van der Waals surface area contributed by atoms with Gasteiger partial charge in [-0.3, -0.25) is 0 Å². The van der Waals surface area contributed by atoms with Crippen LogP contribution in [0.25, 0.3) is 143 Å². The maximum atomic E-state index is 2.46. The van der Waals surface area contributed by atoms with E-state index in [1.54, 1.807) is 0 Å². The Morgan fingerprint density at radius 2 is 0.466 bits per heavy atom. The second-order valence-electron chi connectivity index (χ2n) is 27.4. The third kappa shape index (κ3) is 9.51. The highest BCUT2D eigenvalue weighted by atomic mass is 15.0. The summed E-state index contributed by atoms with van der Waals surface area (Å²) in [6.07, 6.45) is 0. The van der Waals surface area contributed by atoms with Crippen molar-refractivity contribution >= 4 is 65.2 Å². The number of hydrogen-bond donors (Lipinski definition) is 0. The van der Waals surface area contributed by atoms with Crippen molar-refractivity contribution in [2.24, 2.45) is 0 Å². The monoisotopic (exact) mass is 1130 g/mol. The van der Waals surface area contributed by atoms with Crippen molar-refractivity contribution in [3.05, 3.63) is 290 Å². The molecule has 0 bridgehead atoms. The highest BCUT2D eigenvalue weighted by Crippen LogP contribution is 2.46. The van der Waals surface area contributed by atoms with E-state index < -0.39 is 0 Å². The minimum Gasteiger partial charge on any atom is -0.309 e. The zero-order valence-electron chi connectivity index (χ0n) is 51.9. The Kier molecular flexibility index (Phi) is 12.9. The van der Waals surface area contributed by atoms with Crippen LogP contribution in [0.3, 0.4) is 0 Å². The molecule has 0 N–H and O–H groups in total. The van der Waals surface area contributed by atoms with Crippen molar-refractivity contribution in [3.8, 4) is 78.1 Å². The van der Waals surface area contributed by atoms with Crippen molar-refractivity contribution in [3.63, 3.8) is 0 Å². The van der Waals surface area contributed by atoms with Gasteiger partial charge in [-0.2, -0.15) is 0 Å². The third-order valence-electron chi connectivity index (χ3n) is 18.7. The molecule has 13 aromatic carbocycles. The number of fused-ring (bicyclic) bond motifs is 8. The summed E-state index contributed by atoms with van der Waals surface area (Å²) < 4.78 is 4.82. The largest absolute Gasteiger partial charge is 0.309 e. The molecule has 2 heteroatoms. The van der Waals surface area contributed by atoms with Crippen LogP contribution in [0.15, 0.2) is 273 Å². The van der Waals surface area contributed by atoms with Gasteiger partial charge in [0.25, 0.3) is 0 Å². The van der Waals surface area contributed by atoms with Crippen molar-refractivity contribution < 1.29 is 0 Å². The third-order valence-corrected chi connectivity index (χ3v) is 18.7. The number of benzene rings is 13. The first-order valence-corrected chi connectivity index (χ1v) is 31.2. The molecule has 2 nitrogen and oxygen atoms in total. The summed E-state index contributed by atoms with van der Waals surface area (Å²) in [5, 5.41) is 10.1. The van der Waals surface area contributed by atoms with Gasteiger partial charge in [0, 0.05) is 32.9 Å². The average molecular weight is 1130 g/mol. The van der Waals surface area contributed by atoms with Crippen molar-refractivity contribution in [1.29, 1.82) is 0 Å². The lowest BCUT2D eigenvalue weighted by Crippen LogP contribution is -2.10. The quantitative estimate of drug-likeness (QED) is 0.134. The van der Waals surface area contributed by atoms with E-state index in [2.05, 4.69) is 344 Å². The highest BCUT2D eigenvalue weighted by molar-refractivity contribution is 6.22. The van der Waals surface area contributed by atoms with Gasteiger partial charge in [0.05, 0.1) is 22.1 Å². The highest BCUT2D eigenvalue weighted by Gasteiger charge is 2.23. The molecule has 0 spiro atoms. The second-order valence-corrected chi connectivity index (χ2v) is 27.4. The summed E-state index contributed by atoms with van der Waals surface area (Å²) in [7, 11) is 0. The number of hydrogen-bond acceptors (Lipinski definition) is 0. The zero-order valence-corrected chi connectivity index (χ0v) is 51.9. The Morgan fingerprint density at radius 3 is 0.830 bits per heavy atom. The van der Waals surface area contributed by atoms with E-state index in [1.165, 1.54) is 160 Å². The van der Waals surface area contributed by atoms with Crippen molar-refractivity contribution in [2.45, 2.75) is 78.6 Å². The fourth-order valence-electron chi connectivity index (χ4n) is 13.7. The molecule has 0 fully saturated rings. The molecular weight excluding hydrogens is 1060 g/mol. The van der Waals surface area contributed by atoms with E-state index in [1.807, 2.05) is 0 Å². The SMILES string of the molecule is CC(C)(C)c1ccc(-n2c3ccccc3c3cc(-c4ccc(-c5ccc(-c6c7ccccc7c(-c7ccc(-c8ccc(-c9ccc%10c(c9)c9ccccc9n%10-c9ccc(C(C)(C)C)cc9)cc8)cc7)c7cc(C(C)(C)C)ccc67)cc5)cc4)ccc32)cc1. The minimum absolute atomic E-state index is 0.0272. The Hall–Kier alpha value is -10.0. The molecule has 0 radical (unpaired) electrons. The first-order valence-electron chi connectivity index (χ1n) is 31.2. The fraction of sp³-hybridized carbons (Fsp3) is 0.140. The average Bonchev–Trinajstić information content (AvgIpc) is 1.61. The lowest BCUT2D eigenvalue weighted by Gasteiger charge is -2.23. The number of aromatic nitrogens is 2. The lowest BCUT2D eigenvalue weighted by atomic mass is 9.81. The van der Waals surface area contributed by atoms with Gasteiger partial charge in [-0.15, -0.1) is 0 Å². The molecule has 0 saturated heterocycles. The number of nitrogens with zero attached hydrogens (tertiary/aromatic N) is 2. The van der Waals surface area contributed by atoms with Gasteiger partial charge in [0.1, 0.15) is 0 Å². The van der Waals surface area contributed by atoms with E-state index in [-0.39, 0.29) is 16.2 Å². The van der Waals surface area contributed by atoms with Gasteiger partial charge in [0.2, 0.25) is 0 Å². The van der Waals surface area contributed by atoms with Crippen molar-refractivity contribution in [1.82, 2.24) is 9.13 Å². The smallest absolute Gasteiger partial charge is 0.0541 e. The second kappa shape index (κ2) is 20.9. The number of para-hydroxylation sites is 2. The van der Waals surface area contributed by atoms with E-state index in [9.17, 15) is 0 Å². The first-order chi connectivity index (χ1) is 42.5. The molecule has 15 aromatic rings. The normalized spacial score (nSPS) is 12.4. The Morgan fingerprint density at radius 1 is 0.193 bits per heavy atom. The molecule has 0 unspecified atom stereocenters. The van der Waals surface area contributed by atoms with E-state index in [0.29, 0.717) is 0 Å². The molecule has 0 saturated carbocycles. The van der Waals surface area contributed by atoms with Gasteiger partial charge in [-0.05, 0) is 188 Å². The fourth-order valence-corrected chi connectivity index (χ4v) is 13.7. The van der Waals surface area contributed by atoms with Crippen LogP contribution in [0.5, 0.6) is 0 Å². The van der Waals surface area contributed by atoms with Crippen LogP contribution < -0.4 is 0 Å². The molecule has 0 atom stereocenters. The molecule has 0 amide bonds. The topological polar surface area (TPSA) is 9.86 Å². The molecule has 0 aliphatic carbocycles. The van der Waals surface area contributed by atoms with E-state index in [0.717, 1.165) is 0 Å². The molecule has 0 aliphatic rings. The molecule has 2 heterocycles. The predicted molar refractivity (Wildman–Crippen MR) is 379 cm³/mol. The maximum absolute atomic E-state index is 2.46. The lowest BCUT2D eigenvalue weighted by molar-refractivity contribution is 0.590. The van der Waals surface area contributed by atoms with Gasteiger partial charge < -0.3 is 9.13 Å². The summed E-state index contributed by atoms with van der Waals surface area (Å²) in [6.45, 7) is 20.6. The molecule has 88 heavy (non-hydrogen) atoms. The van der Waals surface area contributed by atoms with Gasteiger partial charge in [0.15, 0.2) is 0 Å². The van der Waals surface area contributed by atoms with Gasteiger partial charge in [-0.1, -0.05) is 269 Å².